The van der Waals surface area contributed by atoms with E-state index in [1.54, 1.807) is 13.2 Å². The first-order chi connectivity index (χ1) is 22.4. The molecule has 0 radical (unpaired) electrons. The number of piperidine rings is 1. The molecule has 0 bridgehead atoms. The Balaban J connectivity index is 1.21. The van der Waals surface area contributed by atoms with Crippen LogP contribution in [0.5, 0.6) is 5.75 Å². The summed E-state index contributed by atoms with van der Waals surface area (Å²) in [5, 5.41) is 2.33. The number of piperazine rings is 1. The van der Waals surface area contributed by atoms with E-state index >= 15 is 0 Å². The average molecular weight is 632 g/mol. The molecule has 4 aliphatic rings. The summed E-state index contributed by atoms with van der Waals surface area (Å²) < 4.78 is 17.5. The number of methoxy groups -OCH3 is 1. The molecule has 3 atom stereocenters. The van der Waals surface area contributed by atoms with Gasteiger partial charge in [0.05, 0.1) is 6.04 Å². The average Bonchev–Trinajstić information content (AvgIpc) is 3.49. The zero-order valence-corrected chi connectivity index (χ0v) is 27.8. The number of hydrogen-bond donors (Lipinski definition) is 0. The third-order valence-electron chi connectivity index (χ3n) is 9.62. The number of aliphatic imine (C=N–C) groups is 2. The summed E-state index contributed by atoms with van der Waals surface area (Å²) in [5.41, 5.74) is 1.14. The molecular weight excluding hydrogens is 582 g/mol. The maximum absolute atomic E-state index is 12.8. The molecule has 0 aliphatic carbocycles. The first kappa shape index (κ1) is 32.3. The number of carbonyl (C=O) groups excluding carboxylic acids is 1. The number of carbonyl (C=O) groups is 1. The van der Waals surface area contributed by atoms with Crippen molar-refractivity contribution in [3.8, 4) is 5.75 Å². The molecule has 2 aromatic carbocycles. The Kier molecular flexibility index (Phi) is 10.4. The number of amides is 1. The third-order valence-corrected chi connectivity index (χ3v) is 9.62. The van der Waals surface area contributed by atoms with Crippen molar-refractivity contribution in [3.05, 3.63) is 48.6 Å². The lowest BCUT2D eigenvalue weighted by atomic mass is 9.88. The minimum absolute atomic E-state index is 0.00787. The van der Waals surface area contributed by atoms with Crippen molar-refractivity contribution in [2.24, 2.45) is 15.9 Å². The predicted octanol–water partition coefficient (Wildman–Crippen LogP) is 3.16. The second-order valence-electron chi connectivity index (χ2n) is 13.1. The fraction of sp³-hybridized carbons (Fsp3) is 0.571. The van der Waals surface area contributed by atoms with Crippen LogP contribution in [0.4, 0.5) is 5.69 Å². The number of fused-ring (bicyclic) bond motifs is 2. The monoisotopic (exact) mass is 631 g/mol. The van der Waals surface area contributed by atoms with Gasteiger partial charge in [-0.1, -0.05) is 30.3 Å². The largest absolute Gasteiger partial charge is 0.467 e. The van der Waals surface area contributed by atoms with Crippen molar-refractivity contribution in [1.29, 1.82) is 0 Å². The van der Waals surface area contributed by atoms with Gasteiger partial charge >= 0.3 is 6.02 Å². The molecule has 11 nitrogen and oxygen atoms in total. The summed E-state index contributed by atoms with van der Waals surface area (Å²) in [4.78, 5) is 34.2. The van der Waals surface area contributed by atoms with Crippen LogP contribution < -0.4 is 9.64 Å². The van der Waals surface area contributed by atoms with Crippen LogP contribution >= 0.6 is 0 Å². The Morgan fingerprint density at radius 1 is 1.02 bits per heavy atom. The van der Waals surface area contributed by atoms with Crippen molar-refractivity contribution >= 4 is 34.2 Å². The van der Waals surface area contributed by atoms with Crippen molar-refractivity contribution in [1.82, 2.24) is 19.6 Å². The fourth-order valence-corrected chi connectivity index (χ4v) is 7.03. The molecule has 4 heterocycles. The highest BCUT2D eigenvalue weighted by molar-refractivity contribution is 5.99. The minimum atomic E-state index is 0.00787. The van der Waals surface area contributed by atoms with Crippen molar-refractivity contribution in [3.63, 3.8) is 0 Å². The lowest BCUT2D eigenvalue weighted by molar-refractivity contribution is -0.127. The number of benzene rings is 2. The molecule has 1 amide bonds. The lowest BCUT2D eigenvalue weighted by Gasteiger charge is -2.44. The van der Waals surface area contributed by atoms with Crippen LogP contribution in [-0.4, -0.2) is 143 Å². The molecular formula is C35H49N7O4. The first-order valence-corrected chi connectivity index (χ1v) is 16.6. The standard InChI is InChI=1S/C35H49N7O4/c1-38(2)14-8-12-33(43)40-17-19-41(20-18-40)34-30-13-16-42(23-31(30)36-35(37-34)45-24-27-10-7-15-39(27)3)32-22-28(46-25-44-4)21-26-9-5-6-11-29(26)32/h5-6,8-9,11-12,21-22,27,30-31H,7,10,13-20,23-25H2,1-4H3/b12-8+. The Morgan fingerprint density at radius 3 is 2.61 bits per heavy atom. The highest BCUT2D eigenvalue weighted by Gasteiger charge is 2.40. The summed E-state index contributed by atoms with van der Waals surface area (Å²) in [7, 11) is 7.80. The molecule has 2 aromatic rings. The van der Waals surface area contributed by atoms with Gasteiger partial charge < -0.3 is 38.7 Å². The van der Waals surface area contributed by atoms with Crippen LogP contribution in [0, 0.1) is 5.92 Å². The molecule has 0 saturated carbocycles. The minimum Gasteiger partial charge on any atom is -0.467 e. The number of amidine groups is 2. The van der Waals surface area contributed by atoms with E-state index in [4.69, 9.17) is 24.2 Å². The van der Waals surface area contributed by atoms with E-state index in [2.05, 4.69) is 58.1 Å². The van der Waals surface area contributed by atoms with E-state index in [-0.39, 0.29) is 24.7 Å². The molecule has 0 N–H and O–H groups in total. The van der Waals surface area contributed by atoms with E-state index in [1.807, 2.05) is 30.0 Å². The number of likely N-dealkylation sites (tertiary alicyclic amines) is 1. The molecule has 3 saturated heterocycles. The van der Waals surface area contributed by atoms with E-state index in [0.29, 0.717) is 31.8 Å². The van der Waals surface area contributed by atoms with E-state index < -0.39 is 0 Å². The molecule has 3 unspecified atom stereocenters. The van der Waals surface area contributed by atoms with Gasteiger partial charge in [-0.2, -0.15) is 4.99 Å². The third kappa shape index (κ3) is 7.48. The Hall–Kier alpha value is -3.67. The second kappa shape index (κ2) is 14.8. The second-order valence-corrected chi connectivity index (χ2v) is 13.1. The zero-order valence-electron chi connectivity index (χ0n) is 27.8. The molecule has 11 heteroatoms. The summed E-state index contributed by atoms with van der Waals surface area (Å²) >= 11 is 0. The van der Waals surface area contributed by atoms with Gasteiger partial charge in [-0.15, -0.1) is 0 Å². The van der Waals surface area contributed by atoms with Crippen LogP contribution in [0.1, 0.15) is 19.3 Å². The number of ether oxygens (including phenoxy) is 3. The van der Waals surface area contributed by atoms with Gasteiger partial charge in [0.25, 0.3) is 0 Å². The number of anilines is 1. The fourth-order valence-electron chi connectivity index (χ4n) is 7.03. The maximum atomic E-state index is 12.8. The summed E-state index contributed by atoms with van der Waals surface area (Å²) in [6, 6.07) is 13.5. The Morgan fingerprint density at radius 2 is 1.85 bits per heavy atom. The molecule has 46 heavy (non-hydrogen) atoms. The van der Waals surface area contributed by atoms with Crippen LogP contribution in [0.2, 0.25) is 0 Å². The van der Waals surface area contributed by atoms with Crippen LogP contribution in [0.3, 0.4) is 0 Å². The predicted molar refractivity (Wildman–Crippen MR) is 183 cm³/mol. The Bertz CT molecular complexity index is 1450. The quantitative estimate of drug-likeness (QED) is 0.309. The van der Waals surface area contributed by atoms with Gasteiger partial charge in [0.1, 0.15) is 18.2 Å². The lowest BCUT2D eigenvalue weighted by Crippen LogP contribution is -2.57. The van der Waals surface area contributed by atoms with Crippen LogP contribution in [-0.2, 0) is 14.3 Å². The number of nitrogens with zero attached hydrogens (tertiary/aromatic N) is 7. The van der Waals surface area contributed by atoms with Crippen LogP contribution in [0.25, 0.3) is 10.8 Å². The van der Waals surface area contributed by atoms with Gasteiger partial charge in [0.2, 0.25) is 5.91 Å². The summed E-state index contributed by atoms with van der Waals surface area (Å²) in [6.07, 6.45) is 6.89. The molecule has 6 rings (SSSR count). The molecule has 3 fully saturated rings. The van der Waals surface area contributed by atoms with Gasteiger partial charge in [0.15, 0.2) is 6.79 Å². The first-order valence-electron chi connectivity index (χ1n) is 16.6. The molecule has 0 spiro atoms. The van der Waals surface area contributed by atoms with Gasteiger partial charge in [-0.05, 0) is 58.4 Å². The topological polar surface area (TPSA) is 85.7 Å². The number of likely N-dealkylation sites (N-methyl/N-ethyl adjacent to an activating group) is 2. The van der Waals surface area contributed by atoms with Crippen molar-refractivity contribution in [2.45, 2.75) is 31.3 Å². The van der Waals surface area contributed by atoms with E-state index in [9.17, 15) is 4.79 Å². The van der Waals surface area contributed by atoms with Gasteiger partial charge in [-0.3, -0.25) is 4.79 Å². The van der Waals surface area contributed by atoms with Crippen LogP contribution in [0.15, 0.2) is 58.5 Å². The number of rotatable bonds is 9. The van der Waals surface area contributed by atoms with Gasteiger partial charge in [0, 0.05) is 88.1 Å². The SMILES string of the molecule is COCOc1cc(N2CCC3C(N4CCN(C(=O)/C=C/CN(C)C)CC4)=NC(OCC4CCCN4C)=NC3C2)c2ccccc2c1. The van der Waals surface area contributed by atoms with Crippen molar-refractivity contribution in [2.75, 3.05) is 98.9 Å². The smallest absolute Gasteiger partial charge is 0.313 e. The van der Waals surface area contributed by atoms with E-state index in [1.165, 1.54) is 11.8 Å². The molecule has 4 aliphatic heterocycles. The van der Waals surface area contributed by atoms with Crippen molar-refractivity contribution < 1.29 is 19.0 Å². The Labute approximate surface area is 273 Å². The highest BCUT2D eigenvalue weighted by atomic mass is 16.7. The zero-order chi connectivity index (χ0) is 32.0. The highest BCUT2D eigenvalue weighted by Crippen LogP contribution is 2.36. The molecule has 248 valence electrons. The normalized spacial score (nSPS) is 24.0. The number of hydrogen-bond acceptors (Lipinski definition) is 10. The summed E-state index contributed by atoms with van der Waals surface area (Å²) in [6.45, 7) is 7.14. The maximum Gasteiger partial charge on any atom is 0.313 e. The molecule has 0 aromatic heterocycles. The van der Waals surface area contributed by atoms with Gasteiger partial charge in [-0.25, -0.2) is 4.99 Å². The summed E-state index contributed by atoms with van der Waals surface area (Å²) in [5.74, 6) is 2.13. The van der Waals surface area contributed by atoms with E-state index in [0.717, 1.165) is 74.8 Å².